The van der Waals surface area contributed by atoms with Crippen LogP contribution in [0, 0.1) is 11.8 Å². The van der Waals surface area contributed by atoms with Crippen molar-refractivity contribution in [3.05, 3.63) is 72.1 Å². The second-order valence-electron chi connectivity index (χ2n) is 16.0. The molecule has 0 bridgehead atoms. The molecule has 55 heavy (non-hydrogen) atoms. The maximum atomic E-state index is 14.3. The molecular weight excluding hydrogens is 702 g/mol. The van der Waals surface area contributed by atoms with Crippen molar-refractivity contribution in [1.82, 2.24) is 36.6 Å². The minimum atomic E-state index is -1.50. The van der Waals surface area contributed by atoms with Crippen LogP contribution in [0.25, 0.3) is 21.8 Å². The van der Waals surface area contributed by atoms with E-state index in [1.165, 1.54) is 0 Å². The Morgan fingerprint density at radius 1 is 0.618 bits per heavy atom. The Bertz CT molecular complexity index is 2040. The number of para-hydroxylation sites is 2. The van der Waals surface area contributed by atoms with Crippen molar-refractivity contribution in [2.45, 2.75) is 110 Å². The van der Waals surface area contributed by atoms with Gasteiger partial charge in [-0.1, -0.05) is 64.1 Å². The van der Waals surface area contributed by atoms with Gasteiger partial charge in [-0.15, -0.1) is 0 Å². The molecule has 0 aliphatic carbocycles. The smallest absolute Gasteiger partial charge is 0.308 e. The minimum absolute atomic E-state index is 0.0142. The SMILES string of the molecule is CC(C)C[C@@H]1NC(=O)[C@@H](C(C)C)NC(=O)[C@H](Cc2c[nH]c3ccccc23)NC(=O)[C@@H](CC(=O)OC(C)(C)C)NC(=O)[C@@H](Cc2c[nH]c3ccccc23)NC1=O. The molecule has 14 heteroatoms. The van der Waals surface area contributed by atoms with Crippen LogP contribution in [0.3, 0.4) is 0 Å². The standard InChI is InChI=1S/C41H53N7O7/c1-22(2)16-30-36(50)44-31(17-24-20-42-28-14-10-8-12-26(24)28)37(51)46-33(19-34(49)55-41(5,6)7)38(52)45-32(39(53)48-35(23(3)4)40(54)47-30)18-25-21-43-29-15-11-9-13-27(25)29/h8-15,20-23,30-33,35,42-43H,16-19H2,1-7H3,(H,44,50)(H,45,52)(H,46,51)(H,47,54)(H,48,53)/t30-,31+,32-,33+,35+/m0/s1. The number of esters is 1. The normalized spacial score (nSPS) is 22.1. The average Bonchev–Trinajstić information content (AvgIpc) is 3.71. The van der Waals surface area contributed by atoms with E-state index in [0.717, 1.165) is 32.9 Å². The molecule has 1 aliphatic heterocycles. The molecule has 0 unspecified atom stereocenters. The Hall–Kier alpha value is -5.66. The second-order valence-corrected chi connectivity index (χ2v) is 16.0. The van der Waals surface area contributed by atoms with Crippen molar-refractivity contribution in [2.75, 3.05) is 0 Å². The molecule has 5 rings (SSSR count). The van der Waals surface area contributed by atoms with E-state index in [4.69, 9.17) is 4.74 Å². The summed E-state index contributed by atoms with van der Waals surface area (Å²) in [6.07, 6.45) is 3.20. The van der Waals surface area contributed by atoms with Crippen molar-refractivity contribution in [1.29, 1.82) is 0 Å². The fourth-order valence-electron chi connectivity index (χ4n) is 6.79. The van der Waals surface area contributed by atoms with E-state index < -0.39 is 83.7 Å². The Balaban J connectivity index is 1.58. The number of carbonyl (C=O) groups is 6. The summed E-state index contributed by atoms with van der Waals surface area (Å²) >= 11 is 0. The predicted octanol–water partition coefficient (Wildman–Crippen LogP) is 3.31. The summed E-state index contributed by atoms with van der Waals surface area (Å²) in [7, 11) is 0. The maximum Gasteiger partial charge on any atom is 0.308 e. The van der Waals surface area contributed by atoms with Crippen LogP contribution in [-0.4, -0.2) is 81.3 Å². The van der Waals surface area contributed by atoms with Crippen LogP contribution in [0.15, 0.2) is 60.9 Å². The quantitative estimate of drug-likeness (QED) is 0.127. The highest BCUT2D eigenvalue weighted by Gasteiger charge is 2.37. The molecule has 5 atom stereocenters. The van der Waals surface area contributed by atoms with E-state index in [2.05, 4.69) is 36.6 Å². The molecular formula is C41H53N7O7. The van der Waals surface area contributed by atoms with Gasteiger partial charge in [0.25, 0.3) is 0 Å². The molecule has 294 valence electrons. The maximum absolute atomic E-state index is 14.3. The number of benzene rings is 2. The summed E-state index contributed by atoms with van der Waals surface area (Å²) in [5.74, 6) is -4.64. The lowest BCUT2D eigenvalue weighted by atomic mass is 9.98. The number of hydrogen-bond donors (Lipinski definition) is 7. The van der Waals surface area contributed by atoms with Gasteiger partial charge in [0, 0.05) is 47.0 Å². The molecule has 0 spiro atoms. The number of aromatic amines is 2. The van der Waals surface area contributed by atoms with Gasteiger partial charge in [-0.3, -0.25) is 28.8 Å². The molecule has 2 aromatic carbocycles. The highest BCUT2D eigenvalue weighted by atomic mass is 16.6. The van der Waals surface area contributed by atoms with E-state index in [-0.39, 0.29) is 25.2 Å². The van der Waals surface area contributed by atoms with Crippen LogP contribution in [0.1, 0.15) is 72.4 Å². The molecule has 1 fully saturated rings. The zero-order valence-electron chi connectivity index (χ0n) is 32.5. The number of aromatic nitrogens is 2. The fraction of sp³-hybridized carbons (Fsp3) is 0.463. The third-order valence-electron chi connectivity index (χ3n) is 9.47. The van der Waals surface area contributed by atoms with Gasteiger partial charge in [-0.05, 0) is 62.3 Å². The number of fused-ring (bicyclic) bond motifs is 2. The Morgan fingerprint density at radius 3 is 1.55 bits per heavy atom. The van der Waals surface area contributed by atoms with Gasteiger partial charge in [0.05, 0.1) is 6.42 Å². The van der Waals surface area contributed by atoms with Crippen LogP contribution in [-0.2, 0) is 46.3 Å². The molecule has 4 aromatic rings. The molecule has 1 aliphatic rings. The first-order valence-electron chi connectivity index (χ1n) is 18.8. The first kappa shape index (κ1) is 40.5. The summed E-state index contributed by atoms with van der Waals surface area (Å²) in [6, 6.07) is 8.88. The van der Waals surface area contributed by atoms with Crippen molar-refractivity contribution in [2.24, 2.45) is 11.8 Å². The van der Waals surface area contributed by atoms with Crippen molar-refractivity contribution in [3.63, 3.8) is 0 Å². The predicted molar refractivity (Wildman–Crippen MR) is 208 cm³/mol. The molecule has 7 N–H and O–H groups in total. The second kappa shape index (κ2) is 17.2. The van der Waals surface area contributed by atoms with Crippen LogP contribution in [0.2, 0.25) is 0 Å². The molecule has 2 aromatic heterocycles. The third kappa shape index (κ3) is 10.5. The van der Waals surface area contributed by atoms with Crippen molar-refractivity contribution >= 4 is 57.3 Å². The molecule has 3 heterocycles. The number of amides is 5. The third-order valence-corrected chi connectivity index (χ3v) is 9.47. The molecule has 1 saturated heterocycles. The topological polar surface area (TPSA) is 203 Å². The highest BCUT2D eigenvalue weighted by molar-refractivity contribution is 5.99. The summed E-state index contributed by atoms with van der Waals surface area (Å²) in [6.45, 7) is 12.4. The van der Waals surface area contributed by atoms with Gasteiger partial charge in [0.1, 0.15) is 35.8 Å². The lowest BCUT2D eigenvalue weighted by molar-refractivity contribution is -0.156. The summed E-state index contributed by atoms with van der Waals surface area (Å²) in [5, 5.41) is 15.6. The zero-order chi connectivity index (χ0) is 40.0. The van der Waals surface area contributed by atoms with E-state index in [1.54, 1.807) is 47.0 Å². The summed E-state index contributed by atoms with van der Waals surface area (Å²) in [4.78, 5) is 90.4. The number of ether oxygens (including phenoxy) is 1. The average molecular weight is 756 g/mol. The van der Waals surface area contributed by atoms with Crippen LogP contribution < -0.4 is 26.6 Å². The number of rotatable bonds is 9. The van der Waals surface area contributed by atoms with E-state index in [0.29, 0.717) is 0 Å². The van der Waals surface area contributed by atoms with Crippen molar-refractivity contribution < 1.29 is 33.5 Å². The zero-order valence-corrected chi connectivity index (χ0v) is 32.5. The van der Waals surface area contributed by atoms with Gasteiger partial charge in [0.2, 0.25) is 29.5 Å². The largest absolute Gasteiger partial charge is 0.460 e. The molecule has 0 radical (unpaired) electrons. The van der Waals surface area contributed by atoms with Crippen LogP contribution >= 0.6 is 0 Å². The van der Waals surface area contributed by atoms with Gasteiger partial charge in [-0.2, -0.15) is 0 Å². The first-order chi connectivity index (χ1) is 26.0. The lowest BCUT2D eigenvalue weighted by Crippen LogP contribution is -2.59. The Morgan fingerprint density at radius 2 is 1.05 bits per heavy atom. The monoisotopic (exact) mass is 755 g/mol. The summed E-state index contributed by atoms with van der Waals surface area (Å²) in [5.41, 5.74) is 2.20. The van der Waals surface area contributed by atoms with Crippen molar-refractivity contribution in [3.8, 4) is 0 Å². The van der Waals surface area contributed by atoms with Gasteiger partial charge < -0.3 is 41.3 Å². The Kier molecular flexibility index (Phi) is 12.7. The van der Waals surface area contributed by atoms with E-state index in [9.17, 15) is 28.8 Å². The van der Waals surface area contributed by atoms with Gasteiger partial charge in [-0.25, -0.2) is 0 Å². The van der Waals surface area contributed by atoms with Gasteiger partial charge in [0.15, 0.2) is 0 Å². The van der Waals surface area contributed by atoms with E-state index >= 15 is 0 Å². The highest BCUT2D eigenvalue weighted by Crippen LogP contribution is 2.22. The summed E-state index contributed by atoms with van der Waals surface area (Å²) < 4.78 is 5.54. The first-order valence-corrected chi connectivity index (χ1v) is 18.8. The Labute approximate surface area is 320 Å². The number of hydrogen-bond acceptors (Lipinski definition) is 7. The molecule has 14 nitrogen and oxygen atoms in total. The minimum Gasteiger partial charge on any atom is -0.460 e. The number of carbonyl (C=O) groups excluding carboxylic acids is 6. The molecule has 0 saturated carbocycles. The van der Waals surface area contributed by atoms with Crippen LogP contribution in [0.5, 0.6) is 0 Å². The van der Waals surface area contributed by atoms with Gasteiger partial charge >= 0.3 is 5.97 Å². The number of nitrogens with one attached hydrogen (secondary N) is 7. The lowest BCUT2D eigenvalue weighted by Gasteiger charge is -2.28. The fourth-order valence-corrected chi connectivity index (χ4v) is 6.79. The number of H-pyrrole nitrogens is 2. The molecule has 5 amide bonds. The van der Waals surface area contributed by atoms with Crippen LogP contribution in [0.4, 0.5) is 0 Å². The van der Waals surface area contributed by atoms with E-state index in [1.807, 2.05) is 62.4 Å².